The van der Waals surface area contributed by atoms with E-state index in [0.717, 1.165) is 41.2 Å². The lowest BCUT2D eigenvalue weighted by atomic mass is 9.84. The fourth-order valence-corrected chi connectivity index (χ4v) is 2.60. The van der Waals surface area contributed by atoms with E-state index in [1.54, 1.807) is 12.5 Å². The van der Waals surface area contributed by atoms with Crippen LogP contribution in [0, 0.1) is 6.92 Å². The van der Waals surface area contributed by atoms with E-state index in [-0.39, 0.29) is 24.3 Å². The van der Waals surface area contributed by atoms with Crippen LogP contribution in [0.15, 0.2) is 43.7 Å². The zero-order valence-electron chi connectivity index (χ0n) is 11.6. The SMILES string of the molecule is Cc1coc2c1/C(=N/N=C(N)N)CC(c1ccco1)C2.Cl. The first-order chi connectivity index (χ1) is 9.65. The van der Waals surface area contributed by atoms with E-state index in [0.29, 0.717) is 0 Å². The monoisotopic (exact) mass is 308 g/mol. The summed E-state index contributed by atoms with van der Waals surface area (Å²) in [6, 6.07) is 3.84. The normalized spacial score (nSPS) is 18.9. The molecule has 0 fully saturated rings. The average Bonchev–Trinajstić information content (AvgIpc) is 3.06. The molecule has 0 spiro atoms. The van der Waals surface area contributed by atoms with Crippen molar-refractivity contribution in [3.05, 3.63) is 47.3 Å². The van der Waals surface area contributed by atoms with Gasteiger partial charge in [-0.05, 0) is 24.6 Å². The molecule has 1 unspecified atom stereocenters. The van der Waals surface area contributed by atoms with Crippen LogP contribution in [0.1, 0.15) is 35.0 Å². The molecule has 0 aromatic carbocycles. The minimum atomic E-state index is -0.0553. The third-order valence-electron chi connectivity index (χ3n) is 3.44. The van der Waals surface area contributed by atoms with Gasteiger partial charge in [0.05, 0.1) is 18.2 Å². The van der Waals surface area contributed by atoms with Gasteiger partial charge < -0.3 is 20.3 Å². The maximum atomic E-state index is 5.62. The highest BCUT2D eigenvalue weighted by Crippen LogP contribution is 2.35. The van der Waals surface area contributed by atoms with Crippen molar-refractivity contribution in [2.45, 2.75) is 25.7 Å². The smallest absolute Gasteiger partial charge is 0.211 e. The number of furan rings is 2. The van der Waals surface area contributed by atoms with Gasteiger partial charge in [0.15, 0.2) is 0 Å². The standard InChI is InChI=1S/C14H16N4O2.ClH/c1-8-7-20-12-6-9(11-3-2-4-19-11)5-10(13(8)12)17-18-14(15)16;/h2-4,7,9H,5-6H2,1H3,(H4,15,16,18);1H/b17-10+;. The average molecular weight is 309 g/mol. The number of guanidine groups is 1. The zero-order chi connectivity index (χ0) is 14.1. The van der Waals surface area contributed by atoms with E-state index in [9.17, 15) is 0 Å². The molecule has 0 aliphatic heterocycles. The minimum Gasteiger partial charge on any atom is -0.469 e. The Morgan fingerprint density at radius 2 is 2.10 bits per heavy atom. The van der Waals surface area contributed by atoms with Crippen LogP contribution in [0.4, 0.5) is 0 Å². The molecule has 0 bridgehead atoms. The summed E-state index contributed by atoms with van der Waals surface area (Å²) < 4.78 is 11.1. The van der Waals surface area contributed by atoms with Crippen LogP contribution < -0.4 is 11.5 Å². The van der Waals surface area contributed by atoms with Crippen LogP contribution in [-0.4, -0.2) is 11.7 Å². The Labute approximate surface area is 128 Å². The molecule has 3 rings (SSSR count). The largest absolute Gasteiger partial charge is 0.469 e. The van der Waals surface area contributed by atoms with Crippen molar-refractivity contribution in [1.29, 1.82) is 0 Å². The molecule has 1 atom stereocenters. The van der Waals surface area contributed by atoms with Gasteiger partial charge in [-0.15, -0.1) is 17.5 Å². The lowest BCUT2D eigenvalue weighted by Gasteiger charge is -2.20. The molecule has 0 saturated carbocycles. The lowest BCUT2D eigenvalue weighted by Crippen LogP contribution is -2.23. The van der Waals surface area contributed by atoms with Crippen LogP contribution in [0.5, 0.6) is 0 Å². The third-order valence-corrected chi connectivity index (χ3v) is 3.44. The predicted octanol–water partition coefficient (Wildman–Crippen LogP) is 2.31. The molecule has 0 amide bonds. The summed E-state index contributed by atoms with van der Waals surface area (Å²) in [6.07, 6.45) is 4.92. The molecule has 6 nitrogen and oxygen atoms in total. The van der Waals surface area contributed by atoms with Gasteiger partial charge in [0.25, 0.3) is 0 Å². The number of aryl methyl sites for hydroxylation is 1. The zero-order valence-corrected chi connectivity index (χ0v) is 12.4. The number of hydrogen-bond donors (Lipinski definition) is 2. The van der Waals surface area contributed by atoms with Gasteiger partial charge in [-0.2, -0.15) is 5.10 Å². The first kappa shape index (κ1) is 15.2. The predicted molar refractivity (Wildman–Crippen MR) is 82.8 cm³/mol. The molecule has 2 aromatic heterocycles. The molecule has 2 aromatic rings. The van der Waals surface area contributed by atoms with E-state index >= 15 is 0 Å². The maximum absolute atomic E-state index is 5.62. The van der Waals surface area contributed by atoms with Crippen LogP contribution in [-0.2, 0) is 6.42 Å². The third kappa shape index (κ3) is 2.95. The summed E-state index contributed by atoms with van der Waals surface area (Å²) >= 11 is 0. The van der Waals surface area contributed by atoms with Gasteiger partial charge in [0, 0.05) is 24.3 Å². The summed E-state index contributed by atoms with van der Waals surface area (Å²) in [5.74, 6) is 1.96. The molecule has 21 heavy (non-hydrogen) atoms. The molecule has 0 saturated heterocycles. The highest BCUT2D eigenvalue weighted by atomic mass is 35.5. The van der Waals surface area contributed by atoms with Crippen LogP contribution in [0.25, 0.3) is 0 Å². The van der Waals surface area contributed by atoms with Gasteiger partial charge in [-0.25, -0.2) is 0 Å². The Balaban J connectivity index is 0.00000161. The number of rotatable bonds is 2. The van der Waals surface area contributed by atoms with Crippen molar-refractivity contribution in [2.75, 3.05) is 0 Å². The molecule has 7 heteroatoms. The van der Waals surface area contributed by atoms with E-state index in [2.05, 4.69) is 10.2 Å². The maximum Gasteiger partial charge on any atom is 0.211 e. The van der Waals surface area contributed by atoms with Crippen molar-refractivity contribution in [3.8, 4) is 0 Å². The number of hydrogen-bond acceptors (Lipinski definition) is 4. The topological polar surface area (TPSA) is 103 Å². The summed E-state index contributed by atoms with van der Waals surface area (Å²) in [5.41, 5.74) is 13.6. The second-order valence-corrected chi connectivity index (χ2v) is 4.91. The minimum absolute atomic E-state index is 0. The highest BCUT2D eigenvalue weighted by Gasteiger charge is 2.30. The molecule has 1 aliphatic rings. The number of fused-ring (bicyclic) bond motifs is 1. The Hall–Kier alpha value is -2.21. The lowest BCUT2D eigenvalue weighted by molar-refractivity contribution is 0.425. The van der Waals surface area contributed by atoms with Gasteiger partial charge >= 0.3 is 0 Å². The fraction of sp³-hybridized carbons (Fsp3) is 0.286. The number of halogens is 1. The molecule has 4 N–H and O–H groups in total. The van der Waals surface area contributed by atoms with Crippen molar-refractivity contribution < 1.29 is 8.83 Å². The summed E-state index contributed by atoms with van der Waals surface area (Å²) in [7, 11) is 0. The van der Waals surface area contributed by atoms with Crippen molar-refractivity contribution in [1.82, 2.24) is 0 Å². The second-order valence-electron chi connectivity index (χ2n) is 4.91. The van der Waals surface area contributed by atoms with Crippen LogP contribution >= 0.6 is 12.4 Å². The number of nitrogens with two attached hydrogens (primary N) is 2. The van der Waals surface area contributed by atoms with Gasteiger partial charge in [0.1, 0.15) is 11.5 Å². The van der Waals surface area contributed by atoms with E-state index in [4.69, 9.17) is 20.3 Å². The fourth-order valence-electron chi connectivity index (χ4n) is 2.60. The van der Waals surface area contributed by atoms with Crippen LogP contribution in [0.3, 0.4) is 0 Å². The van der Waals surface area contributed by atoms with Gasteiger partial charge in [0.2, 0.25) is 5.96 Å². The molecule has 1 aliphatic carbocycles. The molecular formula is C14H17ClN4O2. The van der Waals surface area contributed by atoms with Crippen molar-refractivity contribution >= 4 is 24.1 Å². The Bertz CT molecular complexity index is 669. The van der Waals surface area contributed by atoms with E-state index < -0.39 is 0 Å². The van der Waals surface area contributed by atoms with Gasteiger partial charge in [-0.3, -0.25) is 0 Å². The summed E-state index contributed by atoms with van der Waals surface area (Å²) in [6.45, 7) is 1.99. The molecular weight excluding hydrogens is 292 g/mol. The van der Waals surface area contributed by atoms with Crippen LogP contribution in [0.2, 0.25) is 0 Å². The second kappa shape index (κ2) is 6.05. The highest BCUT2D eigenvalue weighted by molar-refractivity contribution is 6.04. The van der Waals surface area contributed by atoms with Crippen molar-refractivity contribution in [3.63, 3.8) is 0 Å². The summed E-state index contributed by atoms with van der Waals surface area (Å²) in [5, 5.41) is 7.94. The first-order valence-corrected chi connectivity index (χ1v) is 6.41. The van der Waals surface area contributed by atoms with E-state index in [1.807, 2.05) is 19.1 Å². The van der Waals surface area contributed by atoms with E-state index in [1.165, 1.54) is 0 Å². The Morgan fingerprint density at radius 1 is 1.29 bits per heavy atom. The Morgan fingerprint density at radius 3 is 2.76 bits per heavy atom. The van der Waals surface area contributed by atoms with Gasteiger partial charge in [-0.1, -0.05) is 0 Å². The number of nitrogens with zero attached hydrogens (tertiary/aromatic N) is 2. The quantitative estimate of drug-likeness (QED) is 0.504. The summed E-state index contributed by atoms with van der Waals surface area (Å²) in [4.78, 5) is 0. The Kier molecular flexibility index (Phi) is 4.37. The molecule has 0 radical (unpaired) electrons. The molecule has 2 heterocycles. The first-order valence-electron chi connectivity index (χ1n) is 6.41. The molecule has 112 valence electrons. The van der Waals surface area contributed by atoms with Crippen molar-refractivity contribution in [2.24, 2.45) is 21.7 Å².